The molecular formula is C15H13ClN2O3. The van der Waals surface area contributed by atoms with Gasteiger partial charge in [0.2, 0.25) is 5.91 Å². The lowest BCUT2D eigenvalue weighted by atomic mass is 10.1. The Morgan fingerprint density at radius 2 is 2.00 bits per heavy atom. The Morgan fingerprint density at radius 3 is 2.71 bits per heavy atom. The van der Waals surface area contributed by atoms with E-state index in [4.69, 9.17) is 32.5 Å². The molecule has 0 saturated carbocycles. The average molecular weight is 305 g/mol. The van der Waals surface area contributed by atoms with Crippen LogP contribution in [0.15, 0.2) is 36.4 Å². The van der Waals surface area contributed by atoms with Gasteiger partial charge in [-0.1, -0.05) is 17.7 Å². The minimum atomic E-state index is -0.506. The normalized spacial score (nSPS) is 16.5. The summed E-state index contributed by atoms with van der Waals surface area (Å²) in [6.45, 7) is 0.316. The summed E-state index contributed by atoms with van der Waals surface area (Å²) < 4.78 is 11.5. The van der Waals surface area contributed by atoms with Crippen LogP contribution in [0.25, 0.3) is 0 Å². The maximum Gasteiger partial charge on any atom is 0.248 e. The van der Waals surface area contributed by atoms with Gasteiger partial charge in [0.05, 0.1) is 10.7 Å². The Kier molecular flexibility index (Phi) is 3.35. The molecule has 5 nitrogen and oxygen atoms in total. The van der Waals surface area contributed by atoms with Crippen LogP contribution in [0, 0.1) is 0 Å². The van der Waals surface area contributed by atoms with E-state index >= 15 is 0 Å². The fraction of sp³-hybridized carbons (Fsp3) is 0.133. The minimum Gasteiger partial charge on any atom is -0.485 e. The molecule has 0 spiro atoms. The zero-order valence-corrected chi connectivity index (χ0v) is 11.8. The Balaban J connectivity index is 1.87. The van der Waals surface area contributed by atoms with Crippen molar-refractivity contribution in [1.29, 1.82) is 0 Å². The highest BCUT2D eigenvalue weighted by Gasteiger charge is 2.23. The molecule has 1 amide bonds. The van der Waals surface area contributed by atoms with Crippen molar-refractivity contribution in [2.24, 2.45) is 5.73 Å². The van der Waals surface area contributed by atoms with E-state index in [1.165, 1.54) is 0 Å². The molecule has 3 rings (SSSR count). The number of benzene rings is 2. The number of nitrogens with two attached hydrogens (primary N) is 2. The van der Waals surface area contributed by atoms with Gasteiger partial charge in [0.1, 0.15) is 6.61 Å². The van der Waals surface area contributed by atoms with Crippen molar-refractivity contribution >= 4 is 23.2 Å². The smallest absolute Gasteiger partial charge is 0.248 e. The van der Waals surface area contributed by atoms with E-state index in [0.29, 0.717) is 34.4 Å². The molecule has 2 aromatic carbocycles. The summed E-state index contributed by atoms with van der Waals surface area (Å²) in [5.41, 5.74) is 12.8. The van der Waals surface area contributed by atoms with Crippen LogP contribution in [0.2, 0.25) is 5.02 Å². The Hall–Kier alpha value is -2.40. The summed E-state index contributed by atoms with van der Waals surface area (Å²) >= 11 is 5.91. The molecule has 0 aromatic heterocycles. The molecule has 1 aliphatic rings. The zero-order chi connectivity index (χ0) is 15.0. The molecule has 6 heteroatoms. The maximum atomic E-state index is 11.1. The number of hydrogen-bond acceptors (Lipinski definition) is 4. The van der Waals surface area contributed by atoms with Crippen molar-refractivity contribution in [3.63, 3.8) is 0 Å². The lowest BCUT2D eigenvalue weighted by Crippen LogP contribution is -2.22. The number of fused-ring (bicyclic) bond motifs is 1. The van der Waals surface area contributed by atoms with E-state index < -0.39 is 5.91 Å². The number of carbonyl (C=O) groups excluding carboxylic acids is 1. The Labute approximate surface area is 126 Å². The Bertz CT molecular complexity index is 718. The molecule has 0 bridgehead atoms. The number of nitrogen functional groups attached to an aromatic ring is 1. The van der Waals surface area contributed by atoms with Crippen molar-refractivity contribution in [3.8, 4) is 11.5 Å². The molecule has 4 N–H and O–H groups in total. The maximum absolute atomic E-state index is 11.1. The van der Waals surface area contributed by atoms with Gasteiger partial charge in [0.15, 0.2) is 17.6 Å². The van der Waals surface area contributed by atoms with E-state index in [-0.39, 0.29) is 6.10 Å². The van der Waals surface area contributed by atoms with Gasteiger partial charge in [-0.2, -0.15) is 0 Å². The first-order valence-corrected chi connectivity index (χ1v) is 6.70. The molecule has 0 aliphatic carbocycles. The first-order chi connectivity index (χ1) is 10.0. The third-order valence-corrected chi connectivity index (χ3v) is 3.62. The van der Waals surface area contributed by atoms with Crippen LogP contribution in [0.4, 0.5) is 5.69 Å². The highest BCUT2D eigenvalue weighted by molar-refractivity contribution is 6.33. The molecular weight excluding hydrogens is 292 g/mol. The van der Waals surface area contributed by atoms with Crippen LogP contribution in [-0.2, 0) is 0 Å². The van der Waals surface area contributed by atoms with E-state index in [1.807, 2.05) is 6.07 Å². The van der Waals surface area contributed by atoms with E-state index in [2.05, 4.69) is 0 Å². The highest BCUT2D eigenvalue weighted by Crippen LogP contribution is 2.37. The number of carbonyl (C=O) groups is 1. The topological polar surface area (TPSA) is 87.6 Å². The van der Waals surface area contributed by atoms with Gasteiger partial charge in [0.25, 0.3) is 0 Å². The van der Waals surface area contributed by atoms with Gasteiger partial charge in [-0.15, -0.1) is 0 Å². The van der Waals surface area contributed by atoms with Gasteiger partial charge in [-0.3, -0.25) is 4.79 Å². The number of rotatable bonds is 2. The van der Waals surface area contributed by atoms with Crippen LogP contribution >= 0.6 is 11.6 Å². The minimum absolute atomic E-state index is 0.281. The molecule has 2 aromatic rings. The standard InChI is InChI=1S/C15H13ClN2O3/c16-10-3-1-8(5-11(10)17)14-7-20-13-6-9(15(18)19)2-4-12(13)21-14/h1-6,14H,7,17H2,(H2,18,19). The van der Waals surface area contributed by atoms with Crippen LogP contribution < -0.4 is 20.9 Å². The lowest BCUT2D eigenvalue weighted by molar-refractivity contribution is 0.0905. The number of hydrogen-bond donors (Lipinski definition) is 2. The van der Waals surface area contributed by atoms with Crippen LogP contribution in [0.3, 0.4) is 0 Å². The summed E-state index contributed by atoms with van der Waals surface area (Å²) in [7, 11) is 0. The van der Waals surface area contributed by atoms with Crippen molar-refractivity contribution in [2.75, 3.05) is 12.3 Å². The Morgan fingerprint density at radius 1 is 1.19 bits per heavy atom. The van der Waals surface area contributed by atoms with Crippen LogP contribution in [0.1, 0.15) is 22.0 Å². The van der Waals surface area contributed by atoms with Crippen molar-refractivity contribution in [1.82, 2.24) is 0 Å². The number of primary amides is 1. The van der Waals surface area contributed by atoms with Gasteiger partial charge in [0, 0.05) is 5.56 Å². The van der Waals surface area contributed by atoms with Gasteiger partial charge in [-0.05, 0) is 35.9 Å². The zero-order valence-electron chi connectivity index (χ0n) is 11.0. The monoisotopic (exact) mass is 304 g/mol. The summed E-state index contributed by atoms with van der Waals surface area (Å²) in [6.07, 6.45) is -0.281. The van der Waals surface area contributed by atoms with Gasteiger partial charge in [-0.25, -0.2) is 0 Å². The first-order valence-electron chi connectivity index (χ1n) is 6.33. The van der Waals surface area contributed by atoms with Crippen molar-refractivity contribution in [2.45, 2.75) is 6.10 Å². The average Bonchev–Trinajstić information content (AvgIpc) is 2.49. The highest BCUT2D eigenvalue weighted by atomic mass is 35.5. The summed E-state index contributed by atoms with van der Waals surface area (Å²) in [5, 5.41) is 0.502. The number of anilines is 1. The molecule has 108 valence electrons. The summed E-state index contributed by atoms with van der Waals surface area (Å²) in [6, 6.07) is 10.2. The summed E-state index contributed by atoms with van der Waals surface area (Å²) in [5.74, 6) is 0.559. The molecule has 0 radical (unpaired) electrons. The molecule has 1 unspecified atom stereocenters. The second-order valence-corrected chi connectivity index (χ2v) is 5.13. The second-order valence-electron chi connectivity index (χ2n) is 4.72. The van der Waals surface area contributed by atoms with E-state index in [1.54, 1.807) is 30.3 Å². The lowest BCUT2D eigenvalue weighted by Gasteiger charge is -2.27. The molecule has 0 saturated heterocycles. The number of amides is 1. The van der Waals surface area contributed by atoms with Crippen molar-refractivity contribution < 1.29 is 14.3 Å². The quantitative estimate of drug-likeness (QED) is 0.835. The number of halogens is 1. The molecule has 1 heterocycles. The molecule has 21 heavy (non-hydrogen) atoms. The third kappa shape index (κ3) is 2.60. The predicted octanol–water partition coefficient (Wildman–Crippen LogP) is 2.53. The molecule has 1 aliphatic heterocycles. The van der Waals surface area contributed by atoms with Gasteiger partial charge < -0.3 is 20.9 Å². The first kappa shape index (κ1) is 13.6. The van der Waals surface area contributed by atoms with Gasteiger partial charge >= 0.3 is 0 Å². The fourth-order valence-electron chi connectivity index (χ4n) is 2.15. The predicted molar refractivity (Wildman–Crippen MR) is 79.7 cm³/mol. The third-order valence-electron chi connectivity index (χ3n) is 3.28. The SMILES string of the molecule is NC(=O)c1ccc2c(c1)OCC(c1ccc(Cl)c(N)c1)O2. The second kappa shape index (κ2) is 5.18. The van der Waals surface area contributed by atoms with E-state index in [9.17, 15) is 4.79 Å². The van der Waals surface area contributed by atoms with Crippen LogP contribution in [0.5, 0.6) is 11.5 Å². The largest absolute Gasteiger partial charge is 0.485 e. The van der Waals surface area contributed by atoms with Crippen molar-refractivity contribution in [3.05, 3.63) is 52.5 Å². The number of ether oxygens (including phenoxy) is 2. The fourth-order valence-corrected chi connectivity index (χ4v) is 2.27. The molecule has 0 fully saturated rings. The van der Waals surface area contributed by atoms with E-state index in [0.717, 1.165) is 5.56 Å². The molecule has 1 atom stereocenters. The van der Waals surface area contributed by atoms with Crippen LogP contribution in [-0.4, -0.2) is 12.5 Å². The summed E-state index contributed by atoms with van der Waals surface area (Å²) in [4.78, 5) is 11.1.